The Kier molecular flexibility index (Phi) is 5.89. The number of fused-ring (bicyclic) bond motifs is 2. The van der Waals surface area contributed by atoms with Gasteiger partial charge in [0.05, 0.1) is 22.7 Å². The number of amides is 2. The highest BCUT2D eigenvalue weighted by Gasteiger charge is 2.22. The Balaban J connectivity index is 1.37. The third-order valence-electron chi connectivity index (χ3n) is 6.00. The van der Waals surface area contributed by atoms with Crippen molar-refractivity contribution in [3.05, 3.63) is 48.7 Å². The van der Waals surface area contributed by atoms with E-state index in [1.165, 1.54) is 5.57 Å². The van der Waals surface area contributed by atoms with Crippen LogP contribution >= 0.6 is 0 Å². The number of anilines is 2. The summed E-state index contributed by atoms with van der Waals surface area (Å²) in [5, 5.41) is 7.37. The third-order valence-corrected chi connectivity index (χ3v) is 6.00. The van der Waals surface area contributed by atoms with Crippen molar-refractivity contribution < 1.29 is 4.79 Å². The van der Waals surface area contributed by atoms with E-state index in [-0.39, 0.29) is 11.6 Å². The first-order valence-electron chi connectivity index (χ1n) is 11.8. The van der Waals surface area contributed by atoms with Crippen LogP contribution in [-0.4, -0.2) is 60.6 Å². The quantitative estimate of drug-likeness (QED) is 0.350. The Bertz CT molecular complexity index is 1410. The summed E-state index contributed by atoms with van der Waals surface area (Å²) in [4.78, 5) is 31.1. The fraction of sp³-hybridized carbons (Fsp3) is 0.360. The Morgan fingerprint density at radius 2 is 2.06 bits per heavy atom. The molecule has 10 heteroatoms. The minimum absolute atomic E-state index is 0.0356. The summed E-state index contributed by atoms with van der Waals surface area (Å²) in [6.45, 7) is 8.45. The highest BCUT2D eigenvalue weighted by Crippen LogP contribution is 2.30. The molecule has 1 aliphatic heterocycles. The van der Waals surface area contributed by atoms with Gasteiger partial charge in [-0.2, -0.15) is 0 Å². The van der Waals surface area contributed by atoms with Crippen molar-refractivity contribution in [2.45, 2.75) is 39.3 Å². The number of urea groups is 1. The van der Waals surface area contributed by atoms with Gasteiger partial charge in [-0.25, -0.2) is 19.7 Å². The molecule has 0 saturated heterocycles. The van der Waals surface area contributed by atoms with Gasteiger partial charge in [0, 0.05) is 43.1 Å². The van der Waals surface area contributed by atoms with Crippen LogP contribution in [0.1, 0.15) is 32.9 Å². The number of nitrogens with zero attached hydrogens (tertiary/aromatic N) is 5. The largest absolute Gasteiger partial charge is 0.340 e. The summed E-state index contributed by atoms with van der Waals surface area (Å²) in [5.74, 6) is 0.726. The summed E-state index contributed by atoms with van der Waals surface area (Å²) < 4.78 is 2.05. The van der Waals surface area contributed by atoms with Crippen LogP contribution in [0.15, 0.2) is 43.0 Å². The topological polar surface area (TPSA) is 130 Å². The number of H-pyrrole nitrogens is 1. The molecule has 0 saturated carbocycles. The zero-order chi connectivity index (χ0) is 24.6. The second kappa shape index (κ2) is 9.03. The van der Waals surface area contributed by atoms with E-state index in [4.69, 9.17) is 5.73 Å². The van der Waals surface area contributed by atoms with Crippen LogP contribution in [0.5, 0.6) is 0 Å². The highest BCUT2D eigenvalue weighted by atomic mass is 16.2. The Labute approximate surface area is 203 Å². The van der Waals surface area contributed by atoms with Gasteiger partial charge in [-0.15, -0.1) is 0 Å². The van der Waals surface area contributed by atoms with E-state index in [1.54, 1.807) is 6.33 Å². The maximum Gasteiger partial charge on any atom is 0.318 e. The minimum atomic E-state index is -0.255. The van der Waals surface area contributed by atoms with Gasteiger partial charge in [-0.3, -0.25) is 0 Å². The first-order valence-corrected chi connectivity index (χ1v) is 11.8. The number of hydrogen-bond donors (Lipinski definition) is 4. The fourth-order valence-electron chi connectivity index (χ4n) is 4.30. The predicted molar refractivity (Wildman–Crippen MR) is 138 cm³/mol. The lowest BCUT2D eigenvalue weighted by atomic mass is 10.0. The van der Waals surface area contributed by atoms with E-state index in [9.17, 15) is 4.79 Å². The van der Waals surface area contributed by atoms with E-state index in [1.807, 2.05) is 48.7 Å². The predicted octanol–water partition coefficient (Wildman–Crippen LogP) is 3.61. The number of imidazole rings is 1. The van der Waals surface area contributed by atoms with Crippen molar-refractivity contribution in [3.63, 3.8) is 0 Å². The molecule has 4 aromatic rings. The van der Waals surface area contributed by atoms with E-state index in [2.05, 4.69) is 48.8 Å². The van der Waals surface area contributed by atoms with Gasteiger partial charge < -0.3 is 30.8 Å². The molecule has 1 aromatic carbocycles. The number of hydrogen-bond acceptors (Lipinski definition) is 6. The van der Waals surface area contributed by atoms with Crippen LogP contribution in [0.25, 0.3) is 27.6 Å². The number of carbonyl (C=O) groups is 1. The summed E-state index contributed by atoms with van der Waals surface area (Å²) in [6, 6.07) is 8.07. The smallest absolute Gasteiger partial charge is 0.318 e. The molecule has 0 radical (unpaired) electrons. The molecule has 0 unspecified atom stereocenters. The molecule has 10 nitrogen and oxygen atoms in total. The molecule has 0 fully saturated rings. The van der Waals surface area contributed by atoms with E-state index in [0.29, 0.717) is 26.2 Å². The molecular formula is C25H31N9O. The maximum absolute atomic E-state index is 12.5. The molecule has 5 rings (SSSR count). The lowest BCUT2D eigenvalue weighted by Gasteiger charge is -2.30. The van der Waals surface area contributed by atoms with Gasteiger partial charge in [0.25, 0.3) is 0 Å². The zero-order valence-corrected chi connectivity index (χ0v) is 20.3. The van der Waals surface area contributed by atoms with Crippen LogP contribution in [0.3, 0.4) is 0 Å². The number of benzene rings is 1. The Morgan fingerprint density at radius 3 is 2.80 bits per heavy atom. The molecule has 0 bridgehead atoms. The van der Waals surface area contributed by atoms with Crippen molar-refractivity contribution in [2.75, 3.05) is 25.0 Å². The average Bonchev–Trinajstić information content (AvgIpc) is 3.43. The van der Waals surface area contributed by atoms with Gasteiger partial charge in [-0.05, 0) is 57.0 Å². The molecule has 35 heavy (non-hydrogen) atoms. The van der Waals surface area contributed by atoms with E-state index < -0.39 is 0 Å². The van der Waals surface area contributed by atoms with E-state index in [0.717, 1.165) is 45.7 Å². The van der Waals surface area contributed by atoms with Crippen LogP contribution in [0.4, 0.5) is 16.3 Å². The average molecular weight is 474 g/mol. The minimum Gasteiger partial charge on any atom is -0.340 e. The fourth-order valence-corrected chi connectivity index (χ4v) is 4.30. The number of rotatable bonds is 5. The number of nitrogens with two attached hydrogens (primary N) is 1. The standard InChI is InChI=1S/C25H31N9O/c1-25(2,3)32-24(35)33-9-6-16(7-10-33)20-13-18-22(27-14-28-23(18)31-20)30-17-4-5-19-21(12-17)34(11-8-26)15-29-19/h4-6,12-15H,7-11,26H2,1-3H3,(H,32,35)(H2,27,28,30,31). The first-order chi connectivity index (χ1) is 16.8. The molecule has 182 valence electrons. The summed E-state index contributed by atoms with van der Waals surface area (Å²) in [6.07, 6.45) is 6.23. The van der Waals surface area contributed by atoms with E-state index >= 15 is 0 Å². The summed E-state index contributed by atoms with van der Waals surface area (Å²) in [5.41, 5.74) is 11.3. The lowest BCUT2D eigenvalue weighted by molar-refractivity contribution is 0.193. The lowest BCUT2D eigenvalue weighted by Crippen LogP contribution is -2.49. The van der Waals surface area contributed by atoms with Crippen LogP contribution in [0.2, 0.25) is 0 Å². The SMILES string of the molecule is CC(C)(C)NC(=O)N1CC=C(c2cc3c(Nc4ccc5ncn(CCN)c5c4)ncnc3[nH]2)CC1. The third kappa shape index (κ3) is 4.83. The summed E-state index contributed by atoms with van der Waals surface area (Å²) in [7, 11) is 0. The normalized spacial score (nSPS) is 14.4. The number of aromatic amines is 1. The van der Waals surface area contributed by atoms with Crippen LogP contribution < -0.4 is 16.4 Å². The molecule has 3 aromatic heterocycles. The second-order valence-corrected chi connectivity index (χ2v) is 9.83. The highest BCUT2D eigenvalue weighted by molar-refractivity contribution is 5.93. The second-order valence-electron chi connectivity index (χ2n) is 9.83. The van der Waals surface area contributed by atoms with Crippen molar-refractivity contribution in [2.24, 2.45) is 5.73 Å². The van der Waals surface area contributed by atoms with Crippen LogP contribution in [-0.2, 0) is 6.54 Å². The van der Waals surface area contributed by atoms with Crippen molar-refractivity contribution in [1.29, 1.82) is 0 Å². The maximum atomic E-state index is 12.5. The molecule has 5 N–H and O–H groups in total. The molecule has 0 atom stereocenters. The van der Waals surface area contributed by atoms with Gasteiger partial charge in [0.2, 0.25) is 0 Å². The van der Waals surface area contributed by atoms with Crippen molar-refractivity contribution >= 4 is 45.2 Å². The van der Waals surface area contributed by atoms with Gasteiger partial charge in [0.1, 0.15) is 17.8 Å². The van der Waals surface area contributed by atoms with Crippen molar-refractivity contribution in [3.8, 4) is 0 Å². The van der Waals surface area contributed by atoms with Crippen molar-refractivity contribution in [1.82, 2.24) is 34.7 Å². The number of aromatic nitrogens is 5. The first kappa shape index (κ1) is 22.9. The molecule has 0 spiro atoms. The zero-order valence-electron chi connectivity index (χ0n) is 20.3. The number of carbonyl (C=O) groups excluding carboxylic acids is 1. The van der Waals surface area contributed by atoms with Gasteiger partial charge >= 0.3 is 6.03 Å². The van der Waals surface area contributed by atoms with Gasteiger partial charge in [-0.1, -0.05) is 6.08 Å². The molecule has 1 aliphatic rings. The molecular weight excluding hydrogens is 442 g/mol. The molecule has 4 heterocycles. The van der Waals surface area contributed by atoms with Gasteiger partial charge in [0.15, 0.2) is 0 Å². The summed E-state index contributed by atoms with van der Waals surface area (Å²) >= 11 is 0. The monoisotopic (exact) mass is 473 g/mol. The Morgan fingerprint density at radius 1 is 1.20 bits per heavy atom. The molecule has 2 amide bonds. The Hall–Kier alpha value is -3.92. The number of nitrogens with one attached hydrogen (secondary N) is 3. The molecule has 0 aliphatic carbocycles. The van der Waals surface area contributed by atoms with Crippen LogP contribution in [0, 0.1) is 0 Å².